The van der Waals surface area contributed by atoms with E-state index in [1.807, 2.05) is 44.9 Å². The number of pyridine rings is 2. The summed E-state index contributed by atoms with van der Waals surface area (Å²) in [6.07, 6.45) is 11.7. The van der Waals surface area contributed by atoms with Crippen molar-refractivity contribution in [3.63, 3.8) is 0 Å². The maximum Gasteiger partial charge on any atom is 0.341 e. The van der Waals surface area contributed by atoms with Crippen LogP contribution < -0.4 is 5.43 Å². The highest BCUT2D eigenvalue weighted by molar-refractivity contribution is 6.00. The molecule has 2 aromatic heterocycles. The van der Waals surface area contributed by atoms with Crippen LogP contribution in [0.25, 0.3) is 11.3 Å². The molecule has 1 aliphatic rings. The fourth-order valence-corrected chi connectivity index (χ4v) is 4.40. The van der Waals surface area contributed by atoms with Crippen molar-refractivity contribution >= 4 is 17.2 Å². The number of hydrogen-bond acceptors (Lipinski definition) is 4. The van der Waals surface area contributed by atoms with E-state index in [4.69, 9.17) is 0 Å². The maximum atomic E-state index is 15.9. The van der Waals surface area contributed by atoms with Gasteiger partial charge in [-0.15, -0.1) is 0 Å². The molecule has 7 heteroatoms. The van der Waals surface area contributed by atoms with Gasteiger partial charge in [0.1, 0.15) is 11.3 Å². The number of carboxylic acids is 1. The zero-order valence-corrected chi connectivity index (χ0v) is 20.5. The zero-order valence-electron chi connectivity index (χ0n) is 20.5. The lowest BCUT2D eigenvalue weighted by Crippen LogP contribution is -2.40. The number of halogens is 1. The lowest BCUT2D eigenvalue weighted by Gasteiger charge is -2.41. The van der Waals surface area contributed by atoms with Gasteiger partial charge >= 0.3 is 5.97 Å². The minimum absolute atomic E-state index is 0.0406. The SMILES string of the molecule is C=C/C=C(\C=C/C)C(=C)/C(=C1/c2c(F)c(=O)c(C(=O)O)cn2[C@H](C(C)C)CN1C)c1ccncc1. The average Bonchev–Trinajstić information content (AvgIpc) is 2.82. The van der Waals surface area contributed by atoms with E-state index < -0.39 is 22.8 Å². The highest BCUT2D eigenvalue weighted by atomic mass is 19.1. The van der Waals surface area contributed by atoms with Crippen LogP contribution in [0.1, 0.15) is 48.4 Å². The fourth-order valence-electron chi connectivity index (χ4n) is 4.40. The third-order valence-corrected chi connectivity index (χ3v) is 6.10. The first-order valence-corrected chi connectivity index (χ1v) is 11.3. The average molecular weight is 476 g/mol. The van der Waals surface area contributed by atoms with Crippen LogP contribution in [0.15, 0.2) is 84.1 Å². The maximum absolute atomic E-state index is 15.9. The van der Waals surface area contributed by atoms with E-state index in [2.05, 4.69) is 18.1 Å². The van der Waals surface area contributed by atoms with E-state index in [9.17, 15) is 14.7 Å². The van der Waals surface area contributed by atoms with E-state index in [0.29, 0.717) is 23.4 Å². The summed E-state index contributed by atoms with van der Waals surface area (Å²) in [6.45, 7) is 14.4. The lowest BCUT2D eigenvalue weighted by atomic mass is 9.88. The molecule has 0 aliphatic carbocycles. The van der Waals surface area contributed by atoms with Crippen LogP contribution in [-0.2, 0) is 0 Å². The lowest BCUT2D eigenvalue weighted by molar-refractivity contribution is 0.0692. The first kappa shape index (κ1) is 25.6. The number of fused-ring (bicyclic) bond motifs is 1. The van der Waals surface area contributed by atoms with Gasteiger partial charge in [-0.1, -0.05) is 51.3 Å². The number of carboxylic acid groups (broad SMARTS) is 1. The van der Waals surface area contributed by atoms with Crippen LogP contribution in [-0.4, -0.2) is 39.1 Å². The summed E-state index contributed by atoms with van der Waals surface area (Å²) in [5.41, 5.74) is 1.45. The number of rotatable bonds is 7. The third-order valence-electron chi connectivity index (χ3n) is 6.10. The molecule has 3 rings (SSSR count). The molecule has 0 bridgehead atoms. The van der Waals surface area contributed by atoms with Crippen LogP contribution in [0.5, 0.6) is 0 Å². The molecule has 6 nitrogen and oxygen atoms in total. The summed E-state index contributed by atoms with van der Waals surface area (Å²) in [6, 6.07) is 3.34. The Balaban J connectivity index is 2.53. The molecule has 0 unspecified atom stereocenters. The van der Waals surface area contributed by atoms with Crippen molar-refractivity contribution in [1.29, 1.82) is 0 Å². The van der Waals surface area contributed by atoms with Gasteiger partial charge in [0.15, 0.2) is 5.82 Å². The number of allylic oxidation sites excluding steroid dienone is 7. The number of aromatic nitrogens is 2. The Kier molecular flexibility index (Phi) is 7.69. The minimum atomic E-state index is -1.46. The fraction of sp³-hybridized carbons (Fsp3) is 0.250. The number of nitrogens with zero attached hydrogens (tertiary/aromatic N) is 3. The van der Waals surface area contributed by atoms with Crippen molar-refractivity contribution in [1.82, 2.24) is 14.5 Å². The van der Waals surface area contributed by atoms with E-state index in [1.54, 1.807) is 41.2 Å². The van der Waals surface area contributed by atoms with Crippen molar-refractivity contribution < 1.29 is 14.3 Å². The van der Waals surface area contributed by atoms with Crippen molar-refractivity contribution in [2.75, 3.05) is 13.6 Å². The van der Waals surface area contributed by atoms with Crippen molar-refractivity contribution in [3.8, 4) is 0 Å². The van der Waals surface area contributed by atoms with Gasteiger partial charge in [-0.3, -0.25) is 9.78 Å². The highest BCUT2D eigenvalue weighted by Crippen LogP contribution is 2.41. The van der Waals surface area contributed by atoms with Crippen LogP contribution >= 0.6 is 0 Å². The van der Waals surface area contributed by atoms with Gasteiger partial charge in [0.2, 0.25) is 5.43 Å². The second-order valence-corrected chi connectivity index (χ2v) is 8.73. The van der Waals surface area contributed by atoms with E-state index in [-0.39, 0.29) is 17.7 Å². The van der Waals surface area contributed by atoms with Gasteiger partial charge < -0.3 is 14.6 Å². The van der Waals surface area contributed by atoms with Crippen LogP contribution in [0.4, 0.5) is 4.39 Å². The molecule has 3 heterocycles. The van der Waals surface area contributed by atoms with E-state index >= 15 is 4.39 Å². The Morgan fingerprint density at radius 1 is 1.31 bits per heavy atom. The molecule has 0 saturated carbocycles. The molecule has 0 amide bonds. The standard InChI is InChI=1S/C28H30FN3O3/c1-7-9-19(10-8-2)18(5)23(20-11-13-30-14-12-20)25-26-24(29)27(33)21(28(34)35)15-32(26)22(17(3)4)16-31(25)6/h7-15,17,22H,1,5,16H2,2-4,6H3,(H,34,35)/b10-8-,19-9+,25-23+/t22-/m0/s1. The molecular formula is C28H30FN3O3. The molecule has 0 radical (unpaired) electrons. The zero-order chi connectivity index (χ0) is 25.9. The van der Waals surface area contributed by atoms with Crippen LogP contribution in [0, 0.1) is 11.7 Å². The molecule has 35 heavy (non-hydrogen) atoms. The summed E-state index contributed by atoms with van der Waals surface area (Å²) >= 11 is 0. The predicted molar refractivity (Wildman–Crippen MR) is 137 cm³/mol. The number of aromatic carboxylic acids is 1. The van der Waals surface area contributed by atoms with Gasteiger partial charge in [0.25, 0.3) is 0 Å². The minimum Gasteiger partial charge on any atom is -0.477 e. The summed E-state index contributed by atoms with van der Waals surface area (Å²) in [4.78, 5) is 30.5. The largest absolute Gasteiger partial charge is 0.477 e. The molecule has 1 N–H and O–H groups in total. The summed E-state index contributed by atoms with van der Waals surface area (Å²) in [5, 5.41) is 9.55. The van der Waals surface area contributed by atoms with Gasteiger partial charge in [0, 0.05) is 37.8 Å². The Labute approximate surface area is 204 Å². The molecule has 1 atom stereocenters. The number of hydrogen-bond donors (Lipinski definition) is 1. The molecule has 2 aromatic rings. The van der Waals surface area contributed by atoms with E-state index in [0.717, 1.165) is 11.1 Å². The molecule has 0 aromatic carbocycles. The summed E-state index contributed by atoms with van der Waals surface area (Å²) in [5.74, 6) is -2.51. The molecule has 0 spiro atoms. The van der Waals surface area contributed by atoms with Crippen molar-refractivity contribution in [3.05, 3.63) is 112 Å². The Morgan fingerprint density at radius 2 is 1.97 bits per heavy atom. The second kappa shape index (κ2) is 10.5. The number of carbonyl (C=O) groups is 1. The monoisotopic (exact) mass is 475 g/mol. The van der Waals surface area contributed by atoms with Gasteiger partial charge in [-0.2, -0.15) is 0 Å². The Morgan fingerprint density at radius 3 is 2.51 bits per heavy atom. The van der Waals surface area contributed by atoms with Crippen molar-refractivity contribution in [2.24, 2.45) is 5.92 Å². The Bertz CT molecular complexity index is 1320. The molecule has 0 fully saturated rings. The van der Waals surface area contributed by atoms with Crippen LogP contribution in [0.2, 0.25) is 0 Å². The first-order valence-electron chi connectivity index (χ1n) is 11.3. The summed E-state index contributed by atoms with van der Waals surface area (Å²) in [7, 11) is 1.84. The Hall–Kier alpha value is -4.00. The normalized spacial score (nSPS) is 17.5. The molecule has 182 valence electrons. The topological polar surface area (TPSA) is 75.4 Å². The number of likely N-dealkylation sites (N-methyl/N-ethyl adjacent to an activating group) is 1. The molecule has 1 aliphatic heterocycles. The smallest absolute Gasteiger partial charge is 0.341 e. The second-order valence-electron chi connectivity index (χ2n) is 8.73. The first-order chi connectivity index (χ1) is 16.6. The van der Waals surface area contributed by atoms with E-state index in [1.165, 1.54) is 6.20 Å². The summed E-state index contributed by atoms with van der Waals surface area (Å²) < 4.78 is 17.5. The molecule has 0 saturated heterocycles. The molecular weight excluding hydrogens is 445 g/mol. The van der Waals surface area contributed by atoms with Gasteiger partial charge in [0.05, 0.1) is 11.7 Å². The highest BCUT2D eigenvalue weighted by Gasteiger charge is 2.35. The third kappa shape index (κ3) is 4.80. The van der Waals surface area contributed by atoms with Crippen LogP contribution in [0.3, 0.4) is 0 Å². The van der Waals surface area contributed by atoms with Gasteiger partial charge in [-0.05, 0) is 41.7 Å². The quantitative estimate of drug-likeness (QED) is 0.548. The van der Waals surface area contributed by atoms with Crippen molar-refractivity contribution in [2.45, 2.75) is 26.8 Å². The van der Waals surface area contributed by atoms with Gasteiger partial charge in [-0.25, -0.2) is 9.18 Å². The predicted octanol–water partition coefficient (Wildman–Crippen LogP) is 5.34.